The molecule has 5 aromatic rings. The quantitative estimate of drug-likeness (QED) is 0.372. The minimum Gasteiger partial charge on any atom is -0.333 e. The first kappa shape index (κ1) is 21.6. The van der Waals surface area contributed by atoms with Crippen LogP contribution >= 0.6 is 22.9 Å². The van der Waals surface area contributed by atoms with Crippen molar-refractivity contribution in [2.75, 3.05) is 0 Å². The van der Waals surface area contributed by atoms with Crippen molar-refractivity contribution >= 4 is 38.6 Å². The maximum Gasteiger partial charge on any atom is 0.280 e. The third kappa shape index (κ3) is 3.88. The maximum atomic E-state index is 13.6. The molecule has 4 aromatic heterocycles. The van der Waals surface area contributed by atoms with Gasteiger partial charge in [-0.25, -0.2) is 31.8 Å². The van der Waals surface area contributed by atoms with Crippen LogP contribution in [0.25, 0.3) is 39.1 Å². The number of hydrogen-bond acceptors (Lipinski definition) is 8. The molecule has 0 unspecified atom stereocenters. The summed E-state index contributed by atoms with van der Waals surface area (Å²) in [5.41, 5.74) is 0.801. The van der Waals surface area contributed by atoms with E-state index in [0.717, 1.165) is 15.9 Å². The molecule has 0 aliphatic heterocycles. The van der Waals surface area contributed by atoms with E-state index in [-0.39, 0.29) is 38.5 Å². The molecule has 0 saturated carbocycles. The smallest absolute Gasteiger partial charge is 0.280 e. The highest BCUT2D eigenvalue weighted by Crippen LogP contribution is 2.37. The summed E-state index contributed by atoms with van der Waals surface area (Å²) >= 11 is 6.85. The standard InChI is InChI=1S/C19H11ClF2N6O3S2/c20-10-3-1-9(2-4-10)15-14(18-24-8-7-11(16(21)22)28(18)26-15)19-25-17(27-31-19)12-5-6-13(32-12)33(23,29)30/h1-8,16H,(H2,23,29,30). The van der Waals surface area contributed by atoms with Gasteiger partial charge in [0, 0.05) is 16.8 Å². The molecule has 33 heavy (non-hydrogen) atoms. The molecule has 0 radical (unpaired) electrons. The normalized spacial score (nSPS) is 12.2. The molecular formula is C19H11ClF2N6O3S2. The topological polar surface area (TPSA) is 129 Å². The number of sulfonamides is 1. The minimum absolute atomic E-state index is 0.0329. The molecule has 168 valence electrons. The lowest BCUT2D eigenvalue weighted by Crippen LogP contribution is -2.09. The summed E-state index contributed by atoms with van der Waals surface area (Å²) in [6.45, 7) is 0. The van der Waals surface area contributed by atoms with Crippen LogP contribution in [0, 0.1) is 0 Å². The van der Waals surface area contributed by atoms with Gasteiger partial charge in [-0.2, -0.15) is 10.1 Å². The summed E-state index contributed by atoms with van der Waals surface area (Å²) in [6, 6.07) is 10.6. The Bertz CT molecular complexity index is 1600. The van der Waals surface area contributed by atoms with Crippen molar-refractivity contribution in [3.8, 4) is 33.4 Å². The monoisotopic (exact) mass is 508 g/mol. The van der Waals surface area contributed by atoms with Gasteiger partial charge in [0.25, 0.3) is 12.3 Å². The van der Waals surface area contributed by atoms with Gasteiger partial charge in [0.1, 0.15) is 21.2 Å². The van der Waals surface area contributed by atoms with Gasteiger partial charge in [-0.1, -0.05) is 28.9 Å². The van der Waals surface area contributed by atoms with Crippen LogP contribution in [0.3, 0.4) is 0 Å². The SMILES string of the molecule is NS(=O)(=O)c1ccc(-c2noc(-c3c(-c4ccc(Cl)cc4)nn4c(C(F)F)ccnc34)n2)s1. The van der Waals surface area contributed by atoms with E-state index in [1.54, 1.807) is 24.3 Å². The largest absolute Gasteiger partial charge is 0.333 e. The number of nitrogens with two attached hydrogens (primary N) is 1. The summed E-state index contributed by atoms with van der Waals surface area (Å²) in [7, 11) is -3.89. The van der Waals surface area contributed by atoms with Crippen LogP contribution in [-0.2, 0) is 10.0 Å². The number of halogens is 3. The van der Waals surface area contributed by atoms with Gasteiger partial charge in [-0.05, 0) is 30.3 Å². The summed E-state index contributed by atoms with van der Waals surface area (Å²) in [5.74, 6) is 0.0609. The number of alkyl halides is 2. The molecule has 0 saturated heterocycles. The van der Waals surface area contributed by atoms with Crippen molar-refractivity contribution in [1.82, 2.24) is 24.7 Å². The van der Waals surface area contributed by atoms with E-state index in [9.17, 15) is 17.2 Å². The van der Waals surface area contributed by atoms with Gasteiger partial charge in [-0.15, -0.1) is 11.3 Å². The zero-order chi connectivity index (χ0) is 23.3. The van der Waals surface area contributed by atoms with Crippen LogP contribution in [-0.4, -0.2) is 33.2 Å². The number of fused-ring (bicyclic) bond motifs is 1. The Morgan fingerprint density at radius 1 is 1.12 bits per heavy atom. The molecule has 1 aromatic carbocycles. The molecule has 0 atom stereocenters. The van der Waals surface area contributed by atoms with Gasteiger partial charge in [-0.3, -0.25) is 0 Å². The van der Waals surface area contributed by atoms with E-state index >= 15 is 0 Å². The molecule has 9 nitrogen and oxygen atoms in total. The number of hydrogen-bond donors (Lipinski definition) is 1. The lowest BCUT2D eigenvalue weighted by atomic mass is 10.1. The average Bonchev–Trinajstić information content (AvgIpc) is 3.50. The number of aromatic nitrogens is 5. The first-order valence-electron chi connectivity index (χ1n) is 9.11. The van der Waals surface area contributed by atoms with E-state index < -0.39 is 16.4 Å². The summed E-state index contributed by atoms with van der Waals surface area (Å²) < 4.78 is 56.7. The first-order chi connectivity index (χ1) is 15.7. The molecule has 0 amide bonds. The van der Waals surface area contributed by atoms with Gasteiger partial charge in [0.2, 0.25) is 15.8 Å². The second-order valence-electron chi connectivity index (χ2n) is 6.72. The van der Waals surface area contributed by atoms with Gasteiger partial charge >= 0.3 is 0 Å². The van der Waals surface area contributed by atoms with Crippen molar-refractivity contribution in [3.63, 3.8) is 0 Å². The van der Waals surface area contributed by atoms with Crippen molar-refractivity contribution in [3.05, 3.63) is 59.4 Å². The van der Waals surface area contributed by atoms with E-state index in [4.69, 9.17) is 21.3 Å². The summed E-state index contributed by atoms with van der Waals surface area (Å²) in [4.78, 5) is 8.93. The fourth-order valence-electron chi connectivity index (χ4n) is 3.15. The molecule has 0 aliphatic rings. The Hall–Kier alpha value is -3.26. The van der Waals surface area contributed by atoms with E-state index in [1.807, 2.05) is 0 Å². The number of benzene rings is 1. The Morgan fingerprint density at radius 2 is 1.88 bits per heavy atom. The molecule has 2 N–H and O–H groups in total. The van der Waals surface area contributed by atoms with Crippen molar-refractivity contribution in [2.45, 2.75) is 10.6 Å². The van der Waals surface area contributed by atoms with Gasteiger partial charge < -0.3 is 4.52 Å². The third-order valence-electron chi connectivity index (χ3n) is 4.61. The Kier molecular flexibility index (Phi) is 5.20. The molecule has 0 spiro atoms. The molecule has 14 heteroatoms. The molecule has 5 rings (SSSR count). The Balaban J connectivity index is 1.71. The summed E-state index contributed by atoms with van der Waals surface area (Å²) in [6.07, 6.45) is -1.56. The number of nitrogens with zero attached hydrogens (tertiary/aromatic N) is 5. The van der Waals surface area contributed by atoms with Crippen molar-refractivity contribution in [1.29, 1.82) is 0 Å². The highest BCUT2D eigenvalue weighted by atomic mass is 35.5. The first-order valence-corrected chi connectivity index (χ1v) is 11.9. The average molecular weight is 509 g/mol. The number of primary sulfonamides is 1. The molecule has 0 fully saturated rings. The Morgan fingerprint density at radius 3 is 2.55 bits per heavy atom. The fraction of sp³-hybridized carbons (Fsp3) is 0.0526. The van der Waals surface area contributed by atoms with Crippen LogP contribution in [0.15, 0.2) is 57.4 Å². The highest BCUT2D eigenvalue weighted by molar-refractivity contribution is 7.91. The van der Waals surface area contributed by atoms with Crippen molar-refractivity contribution < 1.29 is 21.7 Å². The van der Waals surface area contributed by atoms with Gasteiger partial charge in [0.05, 0.1) is 4.88 Å². The highest BCUT2D eigenvalue weighted by Gasteiger charge is 2.26. The zero-order valence-corrected chi connectivity index (χ0v) is 18.6. The van der Waals surface area contributed by atoms with Gasteiger partial charge in [0.15, 0.2) is 5.65 Å². The van der Waals surface area contributed by atoms with Crippen LogP contribution in [0.5, 0.6) is 0 Å². The molecular weight excluding hydrogens is 498 g/mol. The maximum absolute atomic E-state index is 13.6. The molecule has 0 bridgehead atoms. The summed E-state index contributed by atoms with van der Waals surface area (Å²) in [5, 5.41) is 13.9. The fourth-order valence-corrected chi connectivity index (χ4v) is 4.93. The van der Waals surface area contributed by atoms with Crippen LogP contribution in [0.4, 0.5) is 8.78 Å². The predicted octanol–water partition coefficient (Wildman–Crippen LogP) is 4.41. The second-order valence-corrected chi connectivity index (χ2v) is 10.0. The predicted molar refractivity (Wildman–Crippen MR) is 116 cm³/mol. The number of thiophene rings is 1. The van der Waals surface area contributed by atoms with E-state index in [1.165, 1.54) is 24.4 Å². The second kappa shape index (κ2) is 7.95. The van der Waals surface area contributed by atoms with E-state index in [2.05, 4.69) is 20.2 Å². The van der Waals surface area contributed by atoms with Crippen LogP contribution < -0.4 is 5.14 Å². The zero-order valence-electron chi connectivity index (χ0n) is 16.2. The Labute approximate surface area is 193 Å². The molecule has 4 heterocycles. The molecule has 0 aliphatic carbocycles. The van der Waals surface area contributed by atoms with Crippen LogP contribution in [0.1, 0.15) is 12.1 Å². The third-order valence-corrected chi connectivity index (χ3v) is 7.38. The van der Waals surface area contributed by atoms with Crippen molar-refractivity contribution in [2.24, 2.45) is 5.14 Å². The van der Waals surface area contributed by atoms with Crippen LogP contribution in [0.2, 0.25) is 5.02 Å². The van der Waals surface area contributed by atoms with E-state index in [0.29, 0.717) is 15.5 Å². The lowest BCUT2D eigenvalue weighted by molar-refractivity contribution is 0.143. The number of rotatable bonds is 5. The minimum atomic E-state index is -3.89. The lowest BCUT2D eigenvalue weighted by Gasteiger charge is -2.01.